The number of fused-ring (bicyclic) bond motifs is 3. The summed E-state index contributed by atoms with van der Waals surface area (Å²) in [6.07, 6.45) is 1.83. The molecule has 0 fully saturated rings. The summed E-state index contributed by atoms with van der Waals surface area (Å²) in [4.78, 5) is 1.21. The van der Waals surface area contributed by atoms with Crippen LogP contribution in [0.3, 0.4) is 0 Å². The molecule has 2 aromatic carbocycles. The van der Waals surface area contributed by atoms with Crippen molar-refractivity contribution in [3.8, 4) is 5.75 Å². The van der Waals surface area contributed by atoms with Crippen molar-refractivity contribution in [2.75, 3.05) is 0 Å². The second-order valence-corrected chi connectivity index (χ2v) is 4.59. The van der Waals surface area contributed by atoms with Crippen molar-refractivity contribution in [1.82, 2.24) is 0 Å². The lowest BCUT2D eigenvalue weighted by atomic mass is 10.1. The van der Waals surface area contributed by atoms with E-state index in [2.05, 4.69) is 30.8 Å². The molecule has 0 N–H and O–H groups in total. The third kappa shape index (κ3) is 1.33. The van der Waals surface area contributed by atoms with Crippen molar-refractivity contribution in [3.05, 3.63) is 49.1 Å². The van der Waals surface area contributed by atoms with E-state index >= 15 is 0 Å². The van der Waals surface area contributed by atoms with E-state index in [0.717, 1.165) is 5.75 Å². The summed E-state index contributed by atoms with van der Waals surface area (Å²) in [5.74, 6) is 1.00. The fourth-order valence-electron chi connectivity index (χ4n) is 1.80. The van der Waals surface area contributed by atoms with Crippen molar-refractivity contribution in [2.45, 2.75) is 10.3 Å². The van der Waals surface area contributed by atoms with E-state index in [4.69, 9.17) is 4.74 Å². The average molecular weight is 214 g/mol. The Morgan fingerprint density at radius 2 is 2.07 bits per heavy atom. The highest BCUT2D eigenvalue weighted by Gasteiger charge is 2.22. The van der Waals surface area contributed by atoms with E-state index in [-0.39, 0.29) is 5.44 Å². The maximum atomic E-state index is 5.81. The minimum atomic E-state index is 0.0609. The fraction of sp³-hybridized carbons (Fsp3) is 0.0769. The number of hydrogen-bond acceptors (Lipinski definition) is 2. The smallest absolute Gasteiger partial charge is 0.167 e. The molecule has 74 valence electrons. The van der Waals surface area contributed by atoms with Gasteiger partial charge in [-0.2, -0.15) is 0 Å². The third-order valence-corrected chi connectivity index (χ3v) is 3.61. The summed E-state index contributed by atoms with van der Waals surface area (Å²) in [6.45, 7) is 3.76. The second kappa shape index (κ2) is 3.31. The summed E-state index contributed by atoms with van der Waals surface area (Å²) in [5, 5.41) is 2.41. The first-order valence-corrected chi connectivity index (χ1v) is 5.74. The van der Waals surface area contributed by atoms with Gasteiger partial charge in [-0.05, 0) is 17.5 Å². The molecule has 1 heterocycles. The molecule has 2 heteroatoms. The summed E-state index contributed by atoms with van der Waals surface area (Å²) >= 11 is 1.71. The van der Waals surface area contributed by atoms with Gasteiger partial charge in [0.25, 0.3) is 0 Å². The molecule has 15 heavy (non-hydrogen) atoms. The highest BCUT2D eigenvalue weighted by atomic mass is 32.2. The maximum Gasteiger partial charge on any atom is 0.167 e. The zero-order valence-corrected chi connectivity index (χ0v) is 8.96. The van der Waals surface area contributed by atoms with Gasteiger partial charge >= 0.3 is 0 Å². The SMILES string of the molecule is C=CC1Oc2c(ccc3ccccc23)S1. The lowest BCUT2D eigenvalue weighted by Gasteiger charge is -2.05. The van der Waals surface area contributed by atoms with Gasteiger partial charge in [0.1, 0.15) is 5.75 Å². The van der Waals surface area contributed by atoms with Crippen LogP contribution in [0, 0.1) is 0 Å². The number of benzene rings is 2. The Hall–Kier alpha value is -1.41. The van der Waals surface area contributed by atoms with E-state index < -0.39 is 0 Å². The number of rotatable bonds is 1. The first kappa shape index (κ1) is 8.86. The first-order chi connectivity index (χ1) is 7.38. The van der Waals surface area contributed by atoms with Crippen molar-refractivity contribution in [2.24, 2.45) is 0 Å². The van der Waals surface area contributed by atoms with E-state index in [9.17, 15) is 0 Å². The zero-order chi connectivity index (χ0) is 10.3. The van der Waals surface area contributed by atoms with Gasteiger partial charge in [0.2, 0.25) is 0 Å². The molecule has 1 aliphatic rings. The lowest BCUT2D eigenvalue weighted by Crippen LogP contribution is -2.00. The van der Waals surface area contributed by atoms with Gasteiger partial charge < -0.3 is 4.74 Å². The van der Waals surface area contributed by atoms with Crippen LogP contribution in [-0.4, -0.2) is 5.44 Å². The highest BCUT2D eigenvalue weighted by Crippen LogP contribution is 2.45. The zero-order valence-electron chi connectivity index (χ0n) is 8.14. The van der Waals surface area contributed by atoms with E-state index in [1.165, 1.54) is 15.7 Å². The molecule has 1 atom stereocenters. The fourth-order valence-corrected chi connectivity index (χ4v) is 2.70. The number of ether oxygens (including phenoxy) is 1. The normalized spacial score (nSPS) is 18.5. The Labute approximate surface area is 92.7 Å². The standard InChI is InChI=1S/C13H10OS/c1-2-12-14-13-10-6-4-3-5-9(10)7-8-11(13)15-12/h2-8,12H,1H2. The molecular weight excluding hydrogens is 204 g/mol. The van der Waals surface area contributed by atoms with E-state index in [1.807, 2.05) is 18.2 Å². The lowest BCUT2D eigenvalue weighted by molar-refractivity contribution is 0.343. The number of hydrogen-bond donors (Lipinski definition) is 0. The van der Waals surface area contributed by atoms with Crippen LogP contribution in [-0.2, 0) is 0 Å². The molecule has 2 aromatic rings. The topological polar surface area (TPSA) is 9.23 Å². The highest BCUT2D eigenvalue weighted by molar-refractivity contribution is 8.00. The van der Waals surface area contributed by atoms with Gasteiger partial charge in [-0.3, -0.25) is 0 Å². The molecule has 1 aliphatic heterocycles. The largest absolute Gasteiger partial charge is 0.473 e. The molecule has 1 unspecified atom stereocenters. The predicted octanol–water partition coefficient (Wildman–Crippen LogP) is 3.84. The maximum absolute atomic E-state index is 5.81. The van der Waals surface area contributed by atoms with Gasteiger partial charge in [0.15, 0.2) is 5.44 Å². The third-order valence-electron chi connectivity index (χ3n) is 2.51. The number of thioether (sulfide) groups is 1. The van der Waals surface area contributed by atoms with E-state index in [0.29, 0.717) is 0 Å². The second-order valence-electron chi connectivity index (χ2n) is 3.45. The van der Waals surface area contributed by atoms with Gasteiger partial charge in [-0.15, -0.1) is 0 Å². The Morgan fingerprint density at radius 1 is 1.20 bits per heavy atom. The molecule has 0 spiro atoms. The van der Waals surface area contributed by atoms with Crippen LogP contribution in [0.4, 0.5) is 0 Å². The molecular formula is C13H10OS. The monoisotopic (exact) mass is 214 g/mol. The minimum absolute atomic E-state index is 0.0609. The molecule has 0 radical (unpaired) electrons. The molecule has 0 bridgehead atoms. The molecule has 3 rings (SSSR count). The van der Waals surface area contributed by atoms with Crippen molar-refractivity contribution in [1.29, 1.82) is 0 Å². The average Bonchev–Trinajstić information content (AvgIpc) is 2.72. The molecule has 0 aromatic heterocycles. The van der Waals surface area contributed by atoms with Crippen LogP contribution in [0.15, 0.2) is 53.9 Å². The minimum Gasteiger partial charge on any atom is -0.473 e. The van der Waals surface area contributed by atoms with Crippen molar-refractivity contribution < 1.29 is 4.74 Å². The van der Waals surface area contributed by atoms with E-state index in [1.54, 1.807) is 11.8 Å². The van der Waals surface area contributed by atoms with Crippen LogP contribution in [0.5, 0.6) is 5.75 Å². The first-order valence-electron chi connectivity index (χ1n) is 4.86. The van der Waals surface area contributed by atoms with Crippen LogP contribution in [0.1, 0.15) is 0 Å². The van der Waals surface area contributed by atoms with Gasteiger partial charge in [-0.1, -0.05) is 48.7 Å². The van der Waals surface area contributed by atoms with Gasteiger partial charge in [-0.25, -0.2) is 0 Å². The predicted molar refractivity (Wildman–Crippen MR) is 64.4 cm³/mol. The summed E-state index contributed by atoms with van der Waals surface area (Å²) in [5.41, 5.74) is 0.0609. The van der Waals surface area contributed by atoms with Crippen LogP contribution in [0.2, 0.25) is 0 Å². The summed E-state index contributed by atoms with van der Waals surface area (Å²) in [6, 6.07) is 12.5. The van der Waals surface area contributed by atoms with Gasteiger partial charge in [0.05, 0.1) is 4.90 Å². The summed E-state index contributed by atoms with van der Waals surface area (Å²) in [7, 11) is 0. The Morgan fingerprint density at radius 3 is 2.93 bits per heavy atom. The quantitative estimate of drug-likeness (QED) is 0.667. The van der Waals surface area contributed by atoms with Crippen LogP contribution < -0.4 is 4.74 Å². The Kier molecular flexibility index (Phi) is 1.96. The van der Waals surface area contributed by atoms with Crippen molar-refractivity contribution >= 4 is 22.5 Å². The molecule has 1 nitrogen and oxygen atoms in total. The van der Waals surface area contributed by atoms with Crippen LogP contribution in [0.25, 0.3) is 10.8 Å². The molecule has 0 aliphatic carbocycles. The summed E-state index contributed by atoms with van der Waals surface area (Å²) < 4.78 is 5.81. The Bertz CT molecular complexity index is 533. The van der Waals surface area contributed by atoms with Crippen LogP contribution >= 0.6 is 11.8 Å². The van der Waals surface area contributed by atoms with Crippen molar-refractivity contribution in [3.63, 3.8) is 0 Å². The molecule has 0 saturated heterocycles. The van der Waals surface area contributed by atoms with Gasteiger partial charge in [0, 0.05) is 5.39 Å². The molecule has 0 saturated carbocycles. The molecule has 0 amide bonds. The Balaban J connectivity index is 2.24.